The number of aliphatic hydroxyl groups is 1. The second kappa shape index (κ2) is 44.7. The first-order valence-corrected chi connectivity index (χ1v) is 36.9. The van der Waals surface area contributed by atoms with Crippen molar-refractivity contribution in [2.24, 2.45) is 23.1 Å². The number of hydrogen-bond donors (Lipinski definition) is 23. The fraction of sp³-hybridized carbons (Fsp3) is 0.458. The molecule has 0 aliphatic rings. The summed E-state index contributed by atoms with van der Waals surface area (Å²) in [6.07, 6.45) is -4.20. The van der Waals surface area contributed by atoms with Crippen LogP contribution in [0.5, 0.6) is 5.75 Å². The number of para-hydroxylation sites is 2. The second-order valence-corrected chi connectivity index (χ2v) is 27.7. The lowest BCUT2D eigenvalue weighted by Crippen LogP contribution is -2.62. The average molecular weight is 1600 g/mol. The number of aliphatic hydroxyl groups excluding tert-OH is 1. The van der Waals surface area contributed by atoms with Gasteiger partial charge in [-0.2, -0.15) is 25.3 Å². The summed E-state index contributed by atoms with van der Waals surface area (Å²) in [5.41, 5.74) is 18.5. The molecule has 15 amide bonds. The highest BCUT2D eigenvalue weighted by Gasteiger charge is 2.39. The van der Waals surface area contributed by atoms with Crippen LogP contribution >= 0.6 is 25.3 Å². The number of fused-ring (bicyclic) bond motifs is 2. The van der Waals surface area contributed by atoms with Crippen molar-refractivity contribution in [2.75, 3.05) is 18.1 Å². The van der Waals surface area contributed by atoms with Crippen molar-refractivity contribution >= 4 is 148 Å². The van der Waals surface area contributed by atoms with Crippen LogP contribution in [0.25, 0.3) is 21.8 Å². The smallest absolute Gasteiger partial charge is 0.303 e. The van der Waals surface area contributed by atoms with Gasteiger partial charge in [-0.15, -0.1) is 0 Å². The van der Waals surface area contributed by atoms with Gasteiger partial charge in [-0.25, -0.2) is 0 Å². The summed E-state index contributed by atoms with van der Waals surface area (Å²) in [5.74, 6) is -19.2. The Balaban J connectivity index is 1.48. The van der Waals surface area contributed by atoms with Gasteiger partial charge in [0.15, 0.2) is 0 Å². The molecule has 0 bridgehead atoms. The number of aromatic hydroxyl groups is 1. The number of phenols is 1. The molecule has 0 saturated heterocycles. The number of benzene rings is 3. The van der Waals surface area contributed by atoms with Crippen LogP contribution < -0.4 is 81.0 Å². The Bertz CT molecular complexity index is 4210. The third-order valence-corrected chi connectivity index (χ3v) is 18.2. The van der Waals surface area contributed by atoms with Gasteiger partial charge < -0.3 is 111 Å². The van der Waals surface area contributed by atoms with E-state index in [0.717, 1.165) is 13.8 Å². The van der Waals surface area contributed by atoms with Crippen molar-refractivity contribution in [3.63, 3.8) is 0 Å². The number of aliphatic carboxylic acids is 2. The predicted octanol–water partition coefficient (Wildman–Crippen LogP) is -3.73. The molecule has 5 aromatic rings. The first kappa shape index (κ1) is 90.8. The van der Waals surface area contributed by atoms with Crippen LogP contribution in [0.3, 0.4) is 0 Å². The summed E-state index contributed by atoms with van der Waals surface area (Å²) in [5, 5.41) is 70.9. The highest BCUT2D eigenvalue weighted by Crippen LogP contribution is 2.23. The molecule has 40 heteroatoms. The number of amides is 15. The quantitative estimate of drug-likeness (QED) is 0.0167. The molecule has 608 valence electrons. The number of aromatic nitrogens is 2. The van der Waals surface area contributed by atoms with Crippen LogP contribution in [0.1, 0.15) is 109 Å². The Morgan fingerprint density at radius 3 is 1.12 bits per heavy atom. The molecule has 112 heavy (non-hydrogen) atoms. The second-order valence-electron chi connectivity index (χ2n) is 26.9. The highest BCUT2D eigenvalue weighted by atomic mass is 32.1. The van der Waals surface area contributed by atoms with E-state index < -0.39 is 237 Å². The monoisotopic (exact) mass is 1600 g/mol. The SMILES string of the molecule is CC(=O)N[C@@H](CS)C(=O)N[C@@H](CCC(N)=O)C(=O)N[C@H](C(=O)N[C@@H](Cc1c[nH]c2ccccc12)C(=O)N[C@@H](CCC(N)=O)C(=O)N[C@@H](CS)C(=O)N[C@@H](Cc1ccc(O)cc1)C(=O)N[C@@H](Cc1c[nH]c2ccccc12)C(=O)N[C@@H](CCC(C)C)C(=O)N[C@@H](CCC(=O)O)C(=O)N[C@@H](CCC(=O)O)C(=O)NCC(N)=O)[C@@H](C)O. The van der Waals surface area contributed by atoms with Gasteiger partial charge >= 0.3 is 11.9 Å². The van der Waals surface area contributed by atoms with Gasteiger partial charge in [0.25, 0.3) is 0 Å². The van der Waals surface area contributed by atoms with E-state index in [-0.39, 0.29) is 49.5 Å². The minimum Gasteiger partial charge on any atom is -0.508 e. The first-order chi connectivity index (χ1) is 53.0. The number of primary amides is 3. The number of carboxylic acids is 2. The Kier molecular flexibility index (Phi) is 36.3. The largest absolute Gasteiger partial charge is 0.508 e. The minimum atomic E-state index is -1.92. The van der Waals surface area contributed by atoms with Crippen LogP contribution in [0, 0.1) is 5.92 Å². The standard InChI is InChI=1S/C72H97N17O21S2/c1-35(2)13-18-47(63(101)81-50(22-26-60(98)99)64(102)80-46(21-25-59(96)97)62(100)78-32-58(75)95)82-68(106)52(28-39-30-76-44-11-7-5-9-42(39)44)86-67(105)51(27-38-14-16-41(92)17-15-38)85-71(109)55(34-112)88-65(103)48(19-23-56(73)93)83-69(107)53(29-40-31-77-45-12-8-6-10-43(40)45)87-72(110)61(36(3)90)89-66(104)49(20-24-57(74)94)84-70(108)54(33-111)79-37(4)91/h5-12,14-17,30-31,35-36,46-55,61,76-77,90,92,111-112H,13,18-29,32-34H2,1-4H3,(H2,73,93)(H2,74,94)(H2,75,95)(H,78,100)(H,79,91)(H,80,102)(H,81,101)(H,82,106)(H,83,107)(H,84,108)(H,85,109)(H,86,105)(H,87,110)(H,88,103)(H,89,104)(H,96,97)(H,98,99)/t36-,46+,47+,48+,49+,50+,51+,52+,53+,54+,55+,61+/m1/s1. The average Bonchev–Trinajstić information content (AvgIpc) is 1.54. The molecular formula is C72H97N17O21S2. The van der Waals surface area contributed by atoms with Gasteiger partial charge in [0.1, 0.15) is 72.2 Å². The third kappa shape index (κ3) is 29.9. The molecule has 0 aliphatic carbocycles. The number of carbonyl (C=O) groups excluding carboxylic acids is 15. The van der Waals surface area contributed by atoms with Gasteiger partial charge in [0.05, 0.1) is 12.6 Å². The molecular weight excluding hydrogens is 1500 g/mol. The van der Waals surface area contributed by atoms with Gasteiger partial charge in [-0.1, -0.05) is 62.4 Å². The van der Waals surface area contributed by atoms with E-state index in [0.29, 0.717) is 38.5 Å². The fourth-order valence-corrected chi connectivity index (χ4v) is 12.0. The summed E-state index contributed by atoms with van der Waals surface area (Å²) < 4.78 is 0. The van der Waals surface area contributed by atoms with Crippen molar-refractivity contribution in [1.82, 2.24) is 73.8 Å². The maximum absolute atomic E-state index is 15.2. The lowest BCUT2D eigenvalue weighted by atomic mass is 9.99. The van der Waals surface area contributed by atoms with Crippen molar-refractivity contribution in [3.8, 4) is 5.75 Å². The first-order valence-electron chi connectivity index (χ1n) is 35.6. The molecule has 2 aromatic heterocycles. The number of carbonyl (C=O) groups is 17. The number of aromatic amines is 2. The summed E-state index contributed by atoms with van der Waals surface area (Å²) in [7, 11) is 0. The molecule has 0 unspecified atom stereocenters. The van der Waals surface area contributed by atoms with E-state index in [4.69, 9.17) is 17.2 Å². The summed E-state index contributed by atoms with van der Waals surface area (Å²) in [6.45, 7) is 5.13. The van der Waals surface area contributed by atoms with E-state index in [1.54, 1.807) is 68.6 Å². The Morgan fingerprint density at radius 2 is 0.732 bits per heavy atom. The van der Waals surface area contributed by atoms with Crippen molar-refractivity contribution in [1.29, 1.82) is 0 Å². The Morgan fingerprint density at radius 1 is 0.393 bits per heavy atom. The summed E-state index contributed by atoms with van der Waals surface area (Å²) in [6, 6.07) is 0.745. The number of carboxylic acid groups (broad SMARTS) is 2. The maximum atomic E-state index is 15.2. The number of thiol groups is 2. The molecule has 2 heterocycles. The van der Waals surface area contributed by atoms with Crippen molar-refractivity contribution in [3.05, 3.63) is 102 Å². The molecule has 3 aromatic carbocycles. The van der Waals surface area contributed by atoms with Gasteiger partial charge in [-0.3, -0.25) is 81.5 Å². The van der Waals surface area contributed by atoms with Crippen molar-refractivity contribution in [2.45, 2.75) is 184 Å². The molecule has 5 rings (SSSR count). The normalized spacial score (nSPS) is 14.4. The molecule has 24 N–H and O–H groups in total. The number of rotatable bonds is 48. The van der Waals surface area contributed by atoms with E-state index in [1.165, 1.54) is 30.5 Å². The van der Waals surface area contributed by atoms with Gasteiger partial charge in [0, 0.05) is 97.6 Å². The summed E-state index contributed by atoms with van der Waals surface area (Å²) in [4.78, 5) is 235. The minimum absolute atomic E-state index is 0.136. The van der Waals surface area contributed by atoms with E-state index >= 15 is 9.59 Å². The Hall–Kier alpha value is -11.8. The van der Waals surface area contributed by atoms with Crippen LogP contribution in [-0.4, -0.2) is 222 Å². The number of H-pyrrole nitrogens is 2. The number of nitrogens with two attached hydrogens (primary N) is 3. The van der Waals surface area contributed by atoms with Crippen LogP contribution in [0.4, 0.5) is 0 Å². The molecule has 12 atom stereocenters. The summed E-state index contributed by atoms with van der Waals surface area (Å²) >= 11 is 8.44. The number of nitrogens with one attached hydrogen (secondary N) is 14. The molecule has 0 saturated carbocycles. The molecule has 0 radical (unpaired) electrons. The van der Waals surface area contributed by atoms with Crippen molar-refractivity contribution < 1.29 is 102 Å². The lowest BCUT2D eigenvalue weighted by molar-refractivity contribution is -0.140. The van der Waals surface area contributed by atoms with E-state index in [1.807, 2.05) is 0 Å². The van der Waals surface area contributed by atoms with E-state index in [2.05, 4.69) is 99.0 Å². The van der Waals surface area contributed by atoms with Crippen LogP contribution in [-0.2, 0) is 101 Å². The molecule has 0 fully saturated rings. The molecule has 38 nitrogen and oxygen atoms in total. The van der Waals surface area contributed by atoms with E-state index in [9.17, 15) is 92.3 Å². The predicted molar refractivity (Wildman–Crippen MR) is 409 cm³/mol. The van der Waals surface area contributed by atoms with Gasteiger partial charge in [-0.05, 0) is 92.3 Å². The zero-order valence-electron chi connectivity index (χ0n) is 61.8. The number of hydrogen-bond acceptors (Lipinski definition) is 21. The zero-order chi connectivity index (χ0) is 83.1. The van der Waals surface area contributed by atoms with Gasteiger partial charge in [0.2, 0.25) is 88.6 Å². The molecule has 0 spiro atoms. The highest BCUT2D eigenvalue weighted by molar-refractivity contribution is 7.80. The lowest BCUT2D eigenvalue weighted by Gasteiger charge is -2.29. The van der Waals surface area contributed by atoms with Crippen LogP contribution in [0.15, 0.2) is 85.2 Å². The topological polar surface area (TPSA) is 625 Å². The maximum Gasteiger partial charge on any atom is 0.303 e. The third-order valence-electron chi connectivity index (χ3n) is 17.5. The zero-order valence-corrected chi connectivity index (χ0v) is 63.5. The fourth-order valence-electron chi connectivity index (χ4n) is 11.5. The molecule has 0 aliphatic heterocycles. The van der Waals surface area contributed by atoms with Crippen LogP contribution in [0.2, 0.25) is 0 Å². The number of phenolic OH excluding ortho intramolecular Hbond substituents is 1. The Labute approximate surface area is 652 Å².